The van der Waals surface area contributed by atoms with E-state index in [0.29, 0.717) is 23.9 Å². The molecule has 2 bridgehead atoms. The van der Waals surface area contributed by atoms with Crippen molar-refractivity contribution < 1.29 is 38.8 Å². The van der Waals surface area contributed by atoms with Crippen molar-refractivity contribution in [1.29, 1.82) is 0 Å². The molecule has 16 nitrogen and oxygen atoms in total. The number of aromatic amines is 2. The summed E-state index contributed by atoms with van der Waals surface area (Å²) in [5, 5.41) is 47.5. The van der Waals surface area contributed by atoms with Gasteiger partial charge in [0.2, 0.25) is 0 Å². The molecule has 3 heterocycles. The number of nitrogen functional groups attached to an aromatic ring is 1. The molecule has 298 valence electrons. The summed E-state index contributed by atoms with van der Waals surface area (Å²) in [5.74, 6) is -1.97. The number of carbonyl (C=O) groups excluding carboxylic acids is 1. The van der Waals surface area contributed by atoms with Crippen LogP contribution in [0.2, 0.25) is 0 Å². The molecule has 0 spiro atoms. The second-order valence-corrected chi connectivity index (χ2v) is 13.8. The van der Waals surface area contributed by atoms with Gasteiger partial charge in [-0.1, -0.05) is 13.8 Å². The highest BCUT2D eigenvalue weighted by Gasteiger charge is 2.49. The van der Waals surface area contributed by atoms with Gasteiger partial charge in [-0.2, -0.15) is 15.3 Å². The number of hydrogen-bond donors (Lipinski definition) is 8. The minimum Gasteiger partial charge on any atom is -0.481 e. The van der Waals surface area contributed by atoms with Crippen LogP contribution in [0.1, 0.15) is 69.5 Å². The smallest absolute Gasteiger partial charge is 0.320 e. The summed E-state index contributed by atoms with van der Waals surface area (Å²) < 4.78 is 21.8. The molecule has 2 aliphatic rings. The van der Waals surface area contributed by atoms with Gasteiger partial charge in [-0.25, -0.2) is 4.39 Å². The van der Waals surface area contributed by atoms with E-state index < -0.39 is 29.8 Å². The normalized spacial score (nSPS) is 19.3. The highest BCUT2D eigenvalue weighted by atomic mass is 19.1. The third-order valence-corrected chi connectivity index (χ3v) is 10.2. The molecule has 6 atom stereocenters. The summed E-state index contributed by atoms with van der Waals surface area (Å²) in [6, 6.07) is 8.39. The van der Waals surface area contributed by atoms with Crippen LogP contribution in [0, 0.1) is 30.5 Å². The standard InChI is InChI=1S/C28H32FN7O4.C5H10O2.C4H6N2.CH4O/c29-19-11-21-18(13-32-35-21)25(26(19)31)24-14-1-2-15(9-14)27(24)34-17-3-5-22-16(10-17)12-33-36(22)7-8-40-23(37)6-4-20(30)28(38)39;1-3-4(2)5(6)7;1-4-2-3-5-6-4;1-2/h3,5,10-15,20,24,27,34H,1-2,4,6-9,30-31H2,(H,32,35)(H,38,39);4H,3H2,1-2H3,(H,6,7);2-3H,1H3,(H,5,6);2H,1H3/t14?,15?,20?,24-,27-;;;/m1.../s1. The van der Waals surface area contributed by atoms with Crippen LogP contribution in [0.5, 0.6) is 0 Å². The number of aliphatic carboxylic acids is 2. The first-order chi connectivity index (χ1) is 26.4. The van der Waals surface area contributed by atoms with Crippen molar-refractivity contribution in [1.82, 2.24) is 30.2 Å². The highest BCUT2D eigenvalue weighted by molar-refractivity contribution is 5.88. The maximum atomic E-state index is 14.8. The zero-order valence-electron chi connectivity index (χ0n) is 31.5. The Morgan fingerprint density at radius 1 is 1.07 bits per heavy atom. The molecule has 3 aromatic heterocycles. The maximum absolute atomic E-state index is 14.8. The Kier molecular flexibility index (Phi) is 15.1. The Morgan fingerprint density at radius 2 is 1.82 bits per heavy atom. The third-order valence-electron chi connectivity index (χ3n) is 10.2. The van der Waals surface area contributed by atoms with Crippen LogP contribution in [0.15, 0.2) is 48.9 Å². The molecule has 2 fully saturated rings. The number of H-pyrrole nitrogens is 2. The zero-order valence-corrected chi connectivity index (χ0v) is 31.5. The quantitative estimate of drug-likeness (QED) is 0.0627. The molecule has 4 unspecified atom stereocenters. The van der Waals surface area contributed by atoms with E-state index in [2.05, 4.69) is 30.8 Å². The lowest BCUT2D eigenvalue weighted by Crippen LogP contribution is -2.34. The topological polar surface area (TPSA) is 260 Å². The number of carboxylic acids is 2. The van der Waals surface area contributed by atoms with Crippen molar-refractivity contribution in [2.24, 2.45) is 23.5 Å². The van der Waals surface area contributed by atoms with Gasteiger partial charge < -0.3 is 36.8 Å². The number of anilines is 2. The Hall–Kier alpha value is -5.55. The predicted octanol–water partition coefficient (Wildman–Crippen LogP) is 4.81. The number of nitrogens with zero attached hydrogens (tertiary/aromatic N) is 4. The Labute approximate surface area is 317 Å². The summed E-state index contributed by atoms with van der Waals surface area (Å²) in [7, 11) is 1.00. The zero-order chi connectivity index (χ0) is 40.2. The number of rotatable bonds is 12. The molecule has 2 aromatic carbocycles. The molecule has 0 aliphatic heterocycles. The fourth-order valence-electron chi connectivity index (χ4n) is 7.13. The number of aliphatic hydroxyl groups is 1. The summed E-state index contributed by atoms with van der Waals surface area (Å²) >= 11 is 0. The predicted molar refractivity (Wildman–Crippen MR) is 206 cm³/mol. The van der Waals surface area contributed by atoms with Gasteiger partial charge >= 0.3 is 17.9 Å². The second-order valence-electron chi connectivity index (χ2n) is 13.8. The largest absolute Gasteiger partial charge is 0.481 e. The van der Waals surface area contributed by atoms with E-state index in [0.717, 1.165) is 66.0 Å². The molecule has 0 radical (unpaired) electrons. The van der Waals surface area contributed by atoms with Crippen molar-refractivity contribution in [2.75, 3.05) is 24.8 Å². The first kappa shape index (κ1) is 42.2. The number of ether oxygens (including phenoxy) is 1. The van der Waals surface area contributed by atoms with Crippen LogP contribution in [0.3, 0.4) is 0 Å². The lowest BCUT2D eigenvalue weighted by atomic mass is 9.78. The maximum Gasteiger partial charge on any atom is 0.320 e. The average Bonchev–Trinajstić information content (AvgIpc) is 4.04. The number of aromatic nitrogens is 6. The minimum absolute atomic E-state index is 0.0247. The van der Waals surface area contributed by atoms with Crippen molar-refractivity contribution >= 4 is 51.1 Å². The second kappa shape index (κ2) is 19.7. The molecule has 2 aliphatic carbocycles. The molecule has 7 rings (SSSR count). The Bertz CT molecular complexity index is 2020. The van der Waals surface area contributed by atoms with Gasteiger partial charge in [0.05, 0.1) is 41.6 Å². The van der Waals surface area contributed by atoms with E-state index >= 15 is 0 Å². The van der Waals surface area contributed by atoms with Crippen LogP contribution in [-0.4, -0.2) is 89.2 Å². The summed E-state index contributed by atoms with van der Waals surface area (Å²) in [5.41, 5.74) is 16.4. The summed E-state index contributed by atoms with van der Waals surface area (Å²) in [6.07, 6.45) is 9.24. The van der Waals surface area contributed by atoms with Crippen molar-refractivity contribution in [3.05, 3.63) is 66.0 Å². The van der Waals surface area contributed by atoms with Crippen LogP contribution in [0.4, 0.5) is 15.8 Å². The number of nitrogens with two attached hydrogens (primary N) is 2. The van der Waals surface area contributed by atoms with Gasteiger partial charge in [0, 0.05) is 59.9 Å². The number of carbonyl (C=O) groups is 3. The number of hydrogen-bond acceptors (Lipinski definition) is 11. The molecular weight excluding hydrogens is 713 g/mol. The number of carboxylic acid groups (broad SMARTS) is 2. The van der Waals surface area contributed by atoms with E-state index in [1.165, 1.54) is 6.07 Å². The molecule has 0 saturated heterocycles. The Morgan fingerprint density at radius 3 is 2.44 bits per heavy atom. The first-order valence-electron chi connectivity index (χ1n) is 18.3. The van der Waals surface area contributed by atoms with Crippen molar-refractivity contribution in [3.63, 3.8) is 0 Å². The molecule has 5 aromatic rings. The van der Waals surface area contributed by atoms with E-state index in [4.69, 9.17) is 31.5 Å². The van der Waals surface area contributed by atoms with Crippen LogP contribution in [0.25, 0.3) is 21.8 Å². The lowest BCUT2D eigenvalue weighted by Gasteiger charge is -2.34. The Balaban J connectivity index is 0.000000379. The van der Waals surface area contributed by atoms with Gasteiger partial charge in [0.1, 0.15) is 18.5 Å². The lowest BCUT2D eigenvalue weighted by molar-refractivity contribution is -0.145. The fraction of sp³-hybridized carbons (Fsp3) is 0.474. The summed E-state index contributed by atoms with van der Waals surface area (Å²) in [4.78, 5) is 32.6. The highest BCUT2D eigenvalue weighted by Crippen LogP contribution is 2.56. The monoisotopic (exact) mass is 765 g/mol. The number of aryl methyl sites for hydroxylation is 1. The van der Waals surface area contributed by atoms with Crippen LogP contribution in [-0.2, 0) is 25.7 Å². The number of nitrogens with one attached hydrogen (secondary N) is 3. The van der Waals surface area contributed by atoms with E-state index in [-0.39, 0.29) is 43.0 Å². The number of esters is 1. The number of fused-ring (bicyclic) bond motifs is 4. The first-order valence-corrected chi connectivity index (χ1v) is 18.3. The molecule has 17 heteroatoms. The fourth-order valence-corrected chi connectivity index (χ4v) is 7.13. The number of aliphatic hydroxyl groups excluding tert-OH is 1. The van der Waals surface area contributed by atoms with Crippen LogP contribution >= 0.6 is 0 Å². The van der Waals surface area contributed by atoms with Crippen LogP contribution < -0.4 is 16.8 Å². The molecule has 0 amide bonds. The SMILES string of the molecule is CCC(C)C(=O)O.CO.Cc1ccn[nH]1.Nc1c(F)cc2[nH]ncc2c1[C@H]1C2CCC(C2)[C@H]1Nc1ccc2c(cnn2CCOC(=O)CCC(N)C(=O)O)c1. The average molecular weight is 766 g/mol. The number of halogens is 1. The van der Waals surface area contributed by atoms with Crippen molar-refractivity contribution in [3.8, 4) is 0 Å². The van der Waals surface area contributed by atoms with Gasteiger partial charge in [-0.05, 0) is 80.7 Å². The van der Waals surface area contributed by atoms with Gasteiger partial charge in [-0.3, -0.25) is 29.3 Å². The molecule has 10 N–H and O–H groups in total. The number of benzene rings is 2. The molecule has 55 heavy (non-hydrogen) atoms. The van der Waals surface area contributed by atoms with Crippen molar-refractivity contribution in [2.45, 2.75) is 83.8 Å². The van der Waals surface area contributed by atoms with E-state index in [9.17, 15) is 18.8 Å². The molecule has 2 saturated carbocycles. The summed E-state index contributed by atoms with van der Waals surface area (Å²) in [6.45, 7) is 6.00. The van der Waals surface area contributed by atoms with E-state index in [1.54, 1.807) is 30.2 Å². The molecular formula is C38H52FN9O7. The minimum atomic E-state index is -1.14. The van der Waals surface area contributed by atoms with Gasteiger partial charge in [0.25, 0.3) is 0 Å². The van der Waals surface area contributed by atoms with Gasteiger partial charge in [0.15, 0.2) is 0 Å². The van der Waals surface area contributed by atoms with E-state index in [1.807, 2.05) is 38.1 Å². The van der Waals surface area contributed by atoms with Gasteiger partial charge in [-0.15, -0.1) is 0 Å². The third kappa shape index (κ3) is 10.6.